The van der Waals surface area contributed by atoms with Gasteiger partial charge in [0.2, 0.25) is 0 Å². The van der Waals surface area contributed by atoms with Crippen molar-refractivity contribution in [3.8, 4) is 0 Å². The van der Waals surface area contributed by atoms with Crippen molar-refractivity contribution in [2.45, 2.75) is 0 Å². The zero-order valence-electron chi connectivity index (χ0n) is 5.78. The molecule has 1 rings (SSSR count). The first-order valence-corrected chi connectivity index (χ1v) is 3.03. The number of nitrogens with two attached hydrogens (primary N) is 1. The highest BCUT2D eigenvalue weighted by atomic mass is 16.7. The van der Waals surface area contributed by atoms with Gasteiger partial charge in [-0.3, -0.25) is 9.83 Å². The number of primary amides is 1. The molecule has 1 aliphatic rings. The summed E-state index contributed by atoms with van der Waals surface area (Å²) in [5.74, 6) is 0. The molecule has 0 spiro atoms. The maximum atomic E-state index is 10.1. The molecule has 0 atom stereocenters. The Morgan fingerprint density at radius 3 is 3.27 bits per heavy atom. The fourth-order valence-electron chi connectivity index (χ4n) is 0.606. The summed E-state index contributed by atoms with van der Waals surface area (Å²) < 4.78 is 0. The predicted octanol–water partition coefficient (Wildman–Crippen LogP) is -0.931. The number of amides is 1. The average Bonchev–Trinajstić information content (AvgIpc) is 2.03. The molecule has 0 saturated carbocycles. The van der Waals surface area contributed by atoms with Crippen LogP contribution in [0.5, 0.6) is 0 Å². The Bertz CT molecular complexity index is 211. The van der Waals surface area contributed by atoms with Crippen molar-refractivity contribution in [2.75, 3.05) is 13.1 Å². The topological polar surface area (TPSA) is 89.1 Å². The zero-order valence-corrected chi connectivity index (χ0v) is 5.78. The second-order valence-electron chi connectivity index (χ2n) is 1.92. The summed E-state index contributed by atoms with van der Waals surface area (Å²) in [6, 6.07) is 0. The Balaban J connectivity index is 2.40. The lowest BCUT2D eigenvalue weighted by Gasteiger charge is -2.06. The summed E-state index contributed by atoms with van der Waals surface area (Å²) in [5.41, 5.74) is 5.33. The average molecular weight is 156 g/mol. The van der Waals surface area contributed by atoms with E-state index in [4.69, 9.17) is 0 Å². The summed E-state index contributed by atoms with van der Waals surface area (Å²) in [4.78, 5) is 18.1. The molecule has 0 bridgehead atoms. The first kappa shape index (κ1) is 7.52. The van der Waals surface area contributed by atoms with Crippen LogP contribution < -0.4 is 11.1 Å². The molecule has 0 saturated heterocycles. The molecule has 1 amide bonds. The van der Waals surface area contributed by atoms with Crippen LogP contribution in [0.25, 0.3) is 0 Å². The maximum absolute atomic E-state index is 10.1. The molecule has 0 aromatic heterocycles. The quantitative estimate of drug-likeness (QED) is 0.379. The van der Waals surface area contributed by atoms with Gasteiger partial charge >= 0.3 is 6.09 Å². The van der Waals surface area contributed by atoms with E-state index in [1.807, 2.05) is 0 Å². The number of nitrogens with zero attached hydrogens (tertiary/aromatic N) is 2. The van der Waals surface area contributed by atoms with Gasteiger partial charge in [-0.05, 0) is 0 Å². The van der Waals surface area contributed by atoms with Crippen molar-refractivity contribution in [2.24, 2.45) is 15.9 Å². The first-order chi connectivity index (χ1) is 5.29. The molecule has 1 aliphatic heterocycles. The van der Waals surface area contributed by atoms with Crippen LogP contribution in [0.4, 0.5) is 4.79 Å². The Hall–Kier alpha value is -1.59. The molecule has 6 heteroatoms. The van der Waals surface area contributed by atoms with Crippen LogP contribution in [0.3, 0.4) is 0 Å². The van der Waals surface area contributed by atoms with E-state index in [1.54, 1.807) is 6.34 Å². The van der Waals surface area contributed by atoms with Crippen LogP contribution in [-0.4, -0.2) is 31.2 Å². The van der Waals surface area contributed by atoms with Crippen LogP contribution in [0.15, 0.2) is 10.1 Å². The van der Waals surface area contributed by atoms with Crippen molar-refractivity contribution < 1.29 is 9.63 Å². The molecule has 0 unspecified atom stereocenters. The first-order valence-electron chi connectivity index (χ1n) is 3.03. The molecule has 0 fully saturated rings. The second-order valence-corrected chi connectivity index (χ2v) is 1.92. The number of nitrogens with one attached hydrogen (secondary N) is 1. The molecule has 60 valence electrons. The van der Waals surface area contributed by atoms with E-state index in [2.05, 4.69) is 26.0 Å². The van der Waals surface area contributed by atoms with Crippen molar-refractivity contribution in [1.82, 2.24) is 5.32 Å². The minimum Gasteiger partial charge on any atom is -0.371 e. The Morgan fingerprint density at radius 2 is 2.73 bits per heavy atom. The van der Waals surface area contributed by atoms with Gasteiger partial charge in [-0.1, -0.05) is 5.16 Å². The number of oxime groups is 1. The van der Waals surface area contributed by atoms with Crippen LogP contribution in [0, 0.1) is 0 Å². The van der Waals surface area contributed by atoms with Gasteiger partial charge in [0.25, 0.3) is 0 Å². The molecule has 1 heterocycles. The lowest BCUT2D eigenvalue weighted by atomic mass is 10.3. The Labute approximate surface area is 63.1 Å². The monoisotopic (exact) mass is 156 g/mol. The van der Waals surface area contributed by atoms with Crippen LogP contribution in [0.1, 0.15) is 0 Å². The summed E-state index contributed by atoms with van der Waals surface area (Å²) >= 11 is 0. The van der Waals surface area contributed by atoms with Gasteiger partial charge in [0.05, 0.1) is 25.1 Å². The molecule has 0 aliphatic carbocycles. The molecular weight excluding hydrogens is 148 g/mol. The lowest BCUT2D eigenvalue weighted by Crippen LogP contribution is -2.29. The Kier molecular flexibility index (Phi) is 2.42. The molecule has 0 radical (unpaired) electrons. The van der Waals surface area contributed by atoms with E-state index >= 15 is 0 Å². The SMILES string of the molecule is NC(=O)O/N=C1/CN=CNC1. The number of hydrogen-bond donors (Lipinski definition) is 2. The van der Waals surface area contributed by atoms with Gasteiger partial charge in [-0.2, -0.15) is 0 Å². The highest BCUT2D eigenvalue weighted by molar-refractivity contribution is 5.92. The number of rotatable bonds is 1. The third-order valence-corrected chi connectivity index (χ3v) is 1.03. The van der Waals surface area contributed by atoms with Gasteiger partial charge in [0, 0.05) is 0 Å². The molecular formula is C5H8N4O2. The molecule has 0 aromatic rings. The third-order valence-electron chi connectivity index (χ3n) is 1.03. The van der Waals surface area contributed by atoms with Crippen molar-refractivity contribution >= 4 is 18.1 Å². The van der Waals surface area contributed by atoms with E-state index < -0.39 is 6.09 Å². The molecule has 0 aromatic carbocycles. The molecule has 11 heavy (non-hydrogen) atoms. The molecule has 3 N–H and O–H groups in total. The van der Waals surface area contributed by atoms with Gasteiger partial charge in [0.15, 0.2) is 0 Å². The van der Waals surface area contributed by atoms with E-state index in [9.17, 15) is 4.79 Å². The smallest absolute Gasteiger partial charge is 0.371 e. The summed E-state index contributed by atoms with van der Waals surface area (Å²) in [6.07, 6.45) is 0.663. The largest absolute Gasteiger partial charge is 0.430 e. The van der Waals surface area contributed by atoms with Crippen molar-refractivity contribution in [1.29, 1.82) is 0 Å². The Morgan fingerprint density at radius 1 is 1.91 bits per heavy atom. The van der Waals surface area contributed by atoms with E-state index in [0.29, 0.717) is 18.8 Å². The summed E-state index contributed by atoms with van der Waals surface area (Å²) in [7, 11) is 0. The van der Waals surface area contributed by atoms with Gasteiger partial charge in [-0.15, -0.1) is 0 Å². The number of carbonyl (C=O) groups is 1. The van der Waals surface area contributed by atoms with E-state index in [-0.39, 0.29) is 0 Å². The summed E-state index contributed by atoms with van der Waals surface area (Å²) in [5, 5.41) is 6.25. The van der Waals surface area contributed by atoms with Gasteiger partial charge in [-0.25, -0.2) is 4.79 Å². The highest BCUT2D eigenvalue weighted by Crippen LogP contribution is 1.85. The van der Waals surface area contributed by atoms with Crippen molar-refractivity contribution in [3.63, 3.8) is 0 Å². The minimum atomic E-state index is -0.910. The summed E-state index contributed by atoms with van der Waals surface area (Å²) in [6.45, 7) is 0.983. The highest BCUT2D eigenvalue weighted by Gasteiger charge is 2.02. The standard InChI is InChI=1S/C5H8N4O2/c6-5(10)11-9-4-1-7-3-8-2-4/h3H,1-2H2,(H2,6,10)(H,7,8). The zero-order chi connectivity index (χ0) is 8.10. The fraction of sp³-hybridized carbons (Fsp3) is 0.400. The van der Waals surface area contributed by atoms with E-state index in [1.165, 1.54) is 0 Å². The minimum absolute atomic E-state index is 0.445. The van der Waals surface area contributed by atoms with Gasteiger partial charge in [0.1, 0.15) is 0 Å². The van der Waals surface area contributed by atoms with Crippen LogP contribution in [0.2, 0.25) is 0 Å². The molecule has 6 nitrogen and oxygen atoms in total. The number of carbonyl (C=O) groups excluding carboxylic acids is 1. The van der Waals surface area contributed by atoms with E-state index in [0.717, 1.165) is 0 Å². The van der Waals surface area contributed by atoms with Crippen LogP contribution in [-0.2, 0) is 4.84 Å². The fourth-order valence-corrected chi connectivity index (χ4v) is 0.606. The van der Waals surface area contributed by atoms with Gasteiger partial charge < -0.3 is 11.1 Å². The normalized spacial score (nSPS) is 19.5. The lowest BCUT2D eigenvalue weighted by molar-refractivity contribution is 0.161. The number of hydrogen-bond acceptors (Lipinski definition) is 5. The number of aliphatic imine (C=N–C) groups is 1. The predicted molar refractivity (Wildman–Crippen MR) is 39.5 cm³/mol. The van der Waals surface area contributed by atoms with Crippen LogP contribution >= 0.6 is 0 Å². The van der Waals surface area contributed by atoms with Crippen molar-refractivity contribution in [3.05, 3.63) is 0 Å². The third kappa shape index (κ3) is 2.65. The second kappa shape index (κ2) is 3.55. The maximum Gasteiger partial charge on any atom is 0.430 e.